The molecule has 0 aromatic carbocycles. The van der Waals surface area contributed by atoms with Crippen LogP contribution < -0.4 is 5.32 Å². The summed E-state index contributed by atoms with van der Waals surface area (Å²) in [7, 11) is 0. The van der Waals surface area contributed by atoms with Crippen LogP contribution in [0.25, 0.3) is 0 Å². The van der Waals surface area contributed by atoms with Gasteiger partial charge in [0.05, 0.1) is 18.8 Å². The van der Waals surface area contributed by atoms with E-state index in [1.54, 1.807) is 19.1 Å². The Hall–Kier alpha value is -0.870. The minimum absolute atomic E-state index is 0.173. The van der Waals surface area contributed by atoms with Crippen molar-refractivity contribution in [1.82, 2.24) is 5.32 Å². The maximum absolute atomic E-state index is 11.0. The summed E-state index contributed by atoms with van der Waals surface area (Å²) in [4.78, 5) is 11.0. The van der Waals surface area contributed by atoms with Crippen LogP contribution in [0.4, 0.5) is 0 Å². The van der Waals surface area contributed by atoms with E-state index in [2.05, 4.69) is 5.32 Å². The molecular weight excluding hydrogens is 182 g/mol. The lowest BCUT2D eigenvalue weighted by Crippen LogP contribution is -2.44. The van der Waals surface area contributed by atoms with Gasteiger partial charge >= 0.3 is 0 Å². The van der Waals surface area contributed by atoms with Crippen LogP contribution in [-0.4, -0.2) is 34.9 Å². The minimum atomic E-state index is -0.824. The second-order valence-corrected chi connectivity index (χ2v) is 3.04. The zero-order chi connectivity index (χ0) is 11.0. The summed E-state index contributed by atoms with van der Waals surface area (Å²) in [6.45, 7) is 3.40. The molecule has 14 heavy (non-hydrogen) atoms. The topological polar surface area (TPSA) is 69.6 Å². The number of aliphatic hydroxyl groups is 2. The smallest absolute Gasteiger partial charge is 0.220 e. The fourth-order valence-electron chi connectivity index (χ4n) is 0.957. The molecule has 0 heterocycles. The van der Waals surface area contributed by atoms with Gasteiger partial charge in [0.15, 0.2) is 0 Å². The van der Waals surface area contributed by atoms with Gasteiger partial charge in [-0.2, -0.15) is 0 Å². The molecular formula is C10H19NO3. The number of amides is 1. The molecule has 0 aromatic rings. The molecule has 0 aliphatic carbocycles. The van der Waals surface area contributed by atoms with Crippen molar-refractivity contribution < 1.29 is 15.0 Å². The van der Waals surface area contributed by atoms with Crippen LogP contribution in [0, 0.1) is 0 Å². The molecule has 0 unspecified atom stereocenters. The number of carbonyl (C=O) groups is 1. The third-order valence-electron chi connectivity index (χ3n) is 1.85. The van der Waals surface area contributed by atoms with Crippen molar-refractivity contribution in [3.8, 4) is 0 Å². The van der Waals surface area contributed by atoms with Crippen LogP contribution in [0.3, 0.4) is 0 Å². The number of aliphatic hydroxyl groups excluding tert-OH is 2. The molecule has 2 atom stereocenters. The summed E-state index contributed by atoms with van der Waals surface area (Å²) in [6.07, 6.45) is 3.72. The Labute approximate surface area is 84.6 Å². The molecule has 3 N–H and O–H groups in total. The maximum atomic E-state index is 11.0. The first-order valence-corrected chi connectivity index (χ1v) is 4.90. The van der Waals surface area contributed by atoms with E-state index in [9.17, 15) is 9.90 Å². The second kappa shape index (κ2) is 7.53. The number of rotatable bonds is 6. The number of nitrogens with one attached hydrogen (secondary N) is 1. The lowest BCUT2D eigenvalue weighted by atomic mass is 10.1. The van der Waals surface area contributed by atoms with E-state index in [0.717, 1.165) is 6.42 Å². The summed E-state index contributed by atoms with van der Waals surface area (Å²) in [5.41, 5.74) is 0. The molecule has 0 aromatic heterocycles. The van der Waals surface area contributed by atoms with E-state index in [-0.39, 0.29) is 12.5 Å². The summed E-state index contributed by atoms with van der Waals surface area (Å²) in [6, 6.07) is -0.606. The Morgan fingerprint density at radius 3 is 2.57 bits per heavy atom. The fraction of sp³-hybridized carbons (Fsp3) is 0.700. The average Bonchev–Trinajstić information content (AvgIpc) is 2.21. The highest BCUT2D eigenvalue weighted by atomic mass is 16.3. The van der Waals surface area contributed by atoms with Crippen LogP contribution in [0.15, 0.2) is 12.2 Å². The Balaban J connectivity index is 4.11. The van der Waals surface area contributed by atoms with Gasteiger partial charge in [-0.25, -0.2) is 0 Å². The third-order valence-corrected chi connectivity index (χ3v) is 1.85. The molecule has 82 valence electrons. The zero-order valence-electron chi connectivity index (χ0n) is 8.73. The van der Waals surface area contributed by atoms with Crippen molar-refractivity contribution in [2.45, 2.75) is 38.8 Å². The summed E-state index contributed by atoms with van der Waals surface area (Å²) < 4.78 is 0. The standard InChI is InChI=1S/C10H19NO3/c1-3-5-6-9(13)8(7-12)11-10(14)4-2/h5-6,8-9,12-13H,3-4,7H2,1-2H3,(H,11,14)/t8-,9+/m0/s1. The van der Waals surface area contributed by atoms with Crippen molar-refractivity contribution in [2.75, 3.05) is 6.61 Å². The zero-order valence-corrected chi connectivity index (χ0v) is 8.73. The van der Waals surface area contributed by atoms with E-state index >= 15 is 0 Å². The fourth-order valence-corrected chi connectivity index (χ4v) is 0.957. The Bertz CT molecular complexity index is 192. The lowest BCUT2D eigenvalue weighted by Gasteiger charge is -2.19. The van der Waals surface area contributed by atoms with Crippen LogP contribution in [0.5, 0.6) is 0 Å². The Morgan fingerprint density at radius 1 is 1.50 bits per heavy atom. The number of allylic oxidation sites excluding steroid dienone is 1. The molecule has 4 heteroatoms. The van der Waals surface area contributed by atoms with Crippen molar-refractivity contribution >= 4 is 5.91 Å². The number of hydrogen-bond donors (Lipinski definition) is 3. The third kappa shape index (κ3) is 4.99. The van der Waals surface area contributed by atoms with E-state index < -0.39 is 12.1 Å². The molecule has 0 fully saturated rings. The minimum Gasteiger partial charge on any atom is -0.394 e. The molecule has 0 saturated heterocycles. The average molecular weight is 201 g/mol. The van der Waals surface area contributed by atoms with Gasteiger partial charge in [-0.1, -0.05) is 26.0 Å². The van der Waals surface area contributed by atoms with Crippen molar-refractivity contribution in [3.63, 3.8) is 0 Å². The predicted molar refractivity (Wildman–Crippen MR) is 54.7 cm³/mol. The quantitative estimate of drug-likeness (QED) is 0.538. The molecule has 0 rings (SSSR count). The van der Waals surface area contributed by atoms with E-state index in [0.29, 0.717) is 6.42 Å². The van der Waals surface area contributed by atoms with Gasteiger partial charge in [-0.3, -0.25) is 4.79 Å². The SMILES string of the molecule is CCC=C[C@@H](O)[C@H](CO)NC(=O)CC. The first-order valence-electron chi connectivity index (χ1n) is 4.90. The molecule has 0 aliphatic heterocycles. The Morgan fingerprint density at radius 2 is 2.14 bits per heavy atom. The largest absolute Gasteiger partial charge is 0.394 e. The highest BCUT2D eigenvalue weighted by Gasteiger charge is 2.16. The number of carbonyl (C=O) groups excluding carboxylic acids is 1. The lowest BCUT2D eigenvalue weighted by molar-refractivity contribution is -0.122. The summed E-state index contributed by atoms with van der Waals surface area (Å²) in [5.74, 6) is -0.173. The molecule has 0 bridgehead atoms. The summed E-state index contributed by atoms with van der Waals surface area (Å²) >= 11 is 0. The molecule has 1 amide bonds. The maximum Gasteiger partial charge on any atom is 0.220 e. The highest BCUT2D eigenvalue weighted by Crippen LogP contribution is 1.97. The molecule has 0 aliphatic rings. The molecule has 0 radical (unpaired) electrons. The van der Waals surface area contributed by atoms with E-state index in [4.69, 9.17) is 5.11 Å². The monoisotopic (exact) mass is 201 g/mol. The van der Waals surface area contributed by atoms with Gasteiger partial charge in [-0.15, -0.1) is 0 Å². The van der Waals surface area contributed by atoms with Gasteiger partial charge < -0.3 is 15.5 Å². The van der Waals surface area contributed by atoms with Crippen LogP contribution in [0.1, 0.15) is 26.7 Å². The van der Waals surface area contributed by atoms with Crippen LogP contribution >= 0.6 is 0 Å². The van der Waals surface area contributed by atoms with Gasteiger partial charge in [0, 0.05) is 6.42 Å². The van der Waals surface area contributed by atoms with Crippen LogP contribution in [0.2, 0.25) is 0 Å². The van der Waals surface area contributed by atoms with Crippen molar-refractivity contribution in [2.24, 2.45) is 0 Å². The van der Waals surface area contributed by atoms with E-state index in [1.165, 1.54) is 0 Å². The summed E-state index contributed by atoms with van der Waals surface area (Å²) in [5, 5.41) is 21.0. The van der Waals surface area contributed by atoms with Crippen LogP contribution in [-0.2, 0) is 4.79 Å². The Kier molecular flexibility index (Phi) is 7.06. The van der Waals surface area contributed by atoms with Gasteiger partial charge in [0.2, 0.25) is 5.91 Å². The second-order valence-electron chi connectivity index (χ2n) is 3.04. The molecule has 0 saturated carbocycles. The predicted octanol–water partition coefficient (Wildman–Crippen LogP) is 0.201. The highest BCUT2D eigenvalue weighted by molar-refractivity contribution is 5.75. The first-order chi connectivity index (χ1) is 6.65. The van der Waals surface area contributed by atoms with Gasteiger partial charge in [-0.05, 0) is 6.42 Å². The molecule has 4 nitrogen and oxygen atoms in total. The van der Waals surface area contributed by atoms with Crippen molar-refractivity contribution in [3.05, 3.63) is 12.2 Å². The van der Waals surface area contributed by atoms with Crippen molar-refractivity contribution in [1.29, 1.82) is 0 Å². The molecule has 0 spiro atoms. The van der Waals surface area contributed by atoms with Gasteiger partial charge in [0.25, 0.3) is 0 Å². The van der Waals surface area contributed by atoms with Gasteiger partial charge in [0.1, 0.15) is 0 Å². The van der Waals surface area contributed by atoms with E-state index in [1.807, 2.05) is 6.92 Å². The number of hydrogen-bond acceptors (Lipinski definition) is 3. The first kappa shape index (κ1) is 13.1. The normalized spacial score (nSPS) is 15.4.